The van der Waals surface area contributed by atoms with Gasteiger partial charge in [-0.15, -0.1) is 33.1 Å². The molecule has 0 radical (unpaired) electrons. The molecular weight excluding hydrogens is 295 g/mol. The SMILES string of the molecule is ClCCc1nnc(-c2cc(Cl)sc2Cl)s1. The fourth-order valence-electron chi connectivity index (χ4n) is 1.03. The van der Waals surface area contributed by atoms with Crippen LogP contribution >= 0.6 is 57.5 Å². The van der Waals surface area contributed by atoms with E-state index in [0.29, 0.717) is 14.6 Å². The van der Waals surface area contributed by atoms with Crippen LogP contribution in [0.1, 0.15) is 5.01 Å². The standard InChI is InChI=1S/C8H5Cl3N2S2/c9-2-1-6-12-13-8(15-6)4-3-5(10)14-7(4)11/h3H,1-2H2. The Morgan fingerprint density at radius 3 is 2.60 bits per heavy atom. The molecule has 0 atom stereocenters. The molecule has 2 nitrogen and oxygen atoms in total. The quantitative estimate of drug-likeness (QED) is 0.787. The molecule has 0 aromatic carbocycles. The van der Waals surface area contributed by atoms with Gasteiger partial charge in [0.2, 0.25) is 0 Å². The number of hydrogen-bond donors (Lipinski definition) is 0. The predicted molar refractivity (Wildman–Crippen MR) is 67.7 cm³/mol. The van der Waals surface area contributed by atoms with E-state index in [0.717, 1.165) is 22.0 Å². The van der Waals surface area contributed by atoms with Gasteiger partial charge < -0.3 is 0 Å². The molecule has 0 fully saturated rings. The van der Waals surface area contributed by atoms with Crippen LogP contribution in [-0.2, 0) is 6.42 Å². The molecule has 2 aromatic heterocycles. The van der Waals surface area contributed by atoms with E-state index >= 15 is 0 Å². The Morgan fingerprint density at radius 1 is 1.20 bits per heavy atom. The molecule has 7 heteroatoms. The van der Waals surface area contributed by atoms with Crippen molar-refractivity contribution in [1.29, 1.82) is 0 Å². The van der Waals surface area contributed by atoms with Crippen LogP contribution in [0.5, 0.6) is 0 Å². The van der Waals surface area contributed by atoms with Crippen LogP contribution in [0.15, 0.2) is 6.07 Å². The minimum Gasteiger partial charge on any atom is -0.143 e. The second-order valence-electron chi connectivity index (χ2n) is 2.68. The van der Waals surface area contributed by atoms with Crippen molar-refractivity contribution in [3.8, 4) is 10.6 Å². The Balaban J connectivity index is 2.32. The molecule has 0 spiro atoms. The minimum atomic E-state index is 0.548. The molecule has 15 heavy (non-hydrogen) atoms. The molecule has 2 aromatic rings. The molecule has 2 heterocycles. The third-order valence-electron chi connectivity index (χ3n) is 1.66. The van der Waals surface area contributed by atoms with Crippen molar-refractivity contribution in [2.75, 3.05) is 5.88 Å². The van der Waals surface area contributed by atoms with Gasteiger partial charge >= 0.3 is 0 Å². The fraction of sp³-hybridized carbons (Fsp3) is 0.250. The average Bonchev–Trinajstić information content (AvgIpc) is 2.73. The number of rotatable bonds is 3. The summed E-state index contributed by atoms with van der Waals surface area (Å²) in [5, 5.41) is 9.78. The maximum Gasteiger partial charge on any atom is 0.150 e. The van der Waals surface area contributed by atoms with E-state index in [-0.39, 0.29) is 0 Å². The largest absolute Gasteiger partial charge is 0.150 e. The van der Waals surface area contributed by atoms with Gasteiger partial charge in [0.15, 0.2) is 0 Å². The van der Waals surface area contributed by atoms with Crippen LogP contribution in [0.25, 0.3) is 10.6 Å². The van der Waals surface area contributed by atoms with E-state index < -0.39 is 0 Å². The number of aryl methyl sites for hydroxylation is 1. The summed E-state index contributed by atoms with van der Waals surface area (Å²) in [4.78, 5) is 0. The first kappa shape index (κ1) is 11.6. The van der Waals surface area contributed by atoms with Crippen molar-refractivity contribution >= 4 is 57.5 Å². The van der Waals surface area contributed by atoms with Gasteiger partial charge in [0, 0.05) is 17.9 Å². The van der Waals surface area contributed by atoms with E-state index in [4.69, 9.17) is 34.8 Å². The van der Waals surface area contributed by atoms with Crippen LogP contribution < -0.4 is 0 Å². The maximum absolute atomic E-state index is 6.01. The van der Waals surface area contributed by atoms with Crippen molar-refractivity contribution in [2.45, 2.75) is 6.42 Å². The number of alkyl halides is 1. The summed E-state index contributed by atoms with van der Waals surface area (Å²) in [6, 6.07) is 1.81. The van der Waals surface area contributed by atoms with Crippen LogP contribution in [-0.4, -0.2) is 16.1 Å². The highest BCUT2D eigenvalue weighted by molar-refractivity contribution is 7.21. The monoisotopic (exact) mass is 298 g/mol. The molecule has 80 valence electrons. The molecule has 0 aliphatic carbocycles. The minimum absolute atomic E-state index is 0.548. The average molecular weight is 300 g/mol. The summed E-state index contributed by atoms with van der Waals surface area (Å²) in [6.45, 7) is 0. The fourth-order valence-corrected chi connectivity index (χ4v) is 3.77. The lowest BCUT2D eigenvalue weighted by Crippen LogP contribution is -1.82. The van der Waals surface area contributed by atoms with E-state index in [2.05, 4.69) is 10.2 Å². The van der Waals surface area contributed by atoms with Gasteiger partial charge in [-0.1, -0.05) is 34.5 Å². The van der Waals surface area contributed by atoms with Crippen LogP contribution in [0, 0.1) is 0 Å². The van der Waals surface area contributed by atoms with Gasteiger partial charge in [-0.25, -0.2) is 0 Å². The highest BCUT2D eigenvalue weighted by atomic mass is 35.5. The van der Waals surface area contributed by atoms with E-state index in [1.807, 2.05) is 0 Å². The number of thiophene rings is 1. The van der Waals surface area contributed by atoms with Crippen molar-refractivity contribution < 1.29 is 0 Å². The van der Waals surface area contributed by atoms with Crippen LogP contribution in [0.2, 0.25) is 8.67 Å². The van der Waals surface area contributed by atoms with Gasteiger partial charge in [-0.2, -0.15) is 0 Å². The Morgan fingerprint density at radius 2 is 2.00 bits per heavy atom. The van der Waals surface area contributed by atoms with Crippen LogP contribution in [0.3, 0.4) is 0 Å². The highest BCUT2D eigenvalue weighted by Gasteiger charge is 2.13. The lowest BCUT2D eigenvalue weighted by atomic mass is 10.4. The van der Waals surface area contributed by atoms with Gasteiger partial charge in [-0.3, -0.25) is 0 Å². The van der Waals surface area contributed by atoms with Crippen molar-refractivity contribution in [3.63, 3.8) is 0 Å². The summed E-state index contributed by atoms with van der Waals surface area (Å²) in [7, 11) is 0. The molecule has 0 saturated heterocycles. The first-order chi connectivity index (χ1) is 7.20. The van der Waals surface area contributed by atoms with E-state index in [1.165, 1.54) is 22.7 Å². The zero-order valence-electron chi connectivity index (χ0n) is 7.34. The molecular formula is C8H5Cl3N2S2. The van der Waals surface area contributed by atoms with Crippen molar-refractivity contribution in [1.82, 2.24) is 10.2 Å². The maximum atomic E-state index is 6.01. The second-order valence-corrected chi connectivity index (χ2v) is 6.40. The molecule has 0 N–H and O–H groups in total. The molecule has 2 rings (SSSR count). The summed E-state index contributed by atoms with van der Waals surface area (Å²) in [5.74, 6) is 0.548. The number of hydrogen-bond acceptors (Lipinski definition) is 4. The van der Waals surface area contributed by atoms with Crippen molar-refractivity contribution in [2.24, 2.45) is 0 Å². The smallest absolute Gasteiger partial charge is 0.143 e. The zero-order chi connectivity index (χ0) is 10.8. The first-order valence-corrected chi connectivity index (χ1v) is 6.96. The molecule has 0 unspecified atom stereocenters. The van der Waals surface area contributed by atoms with Crippen LogP contribution in [0.4, 0.5) is 0 Å². The molecule has 0 aliphatic rings. The summed E-state index contributed by atoms with van der Waals surface area (Å²) in [6.07, 6.45) is 0.731. The summed E-state index contributed by atoms with van der Waals surface area (Å²) >= 11 is 20.3. The van der Waals surface area contributed by atoms with Gasteiger partial charge in [0.1, 0.15) is 14.4 Å². The molecule has 0 amide bonds. The third-order valence-corrected chi connectivity index (χ3v) is 4.36. The topological polar surface area (TPSA) is 25.8 Å². The Hall–Kier alpha value is 0.130. The summed E-state index contributed by atoms with van der Waals surface area (Å²) < 4.78 is 1.30. The number of nitrogens with zero attached hydrogens (tertiary/aromatic N) is 2. The zero-order valence-corrected chi connectivity index (χ0v) is 11.2. The second kappa shape index (κ2) is 4.97. The van der Waals surface area contributed by atoms with E-state index in [9.17, 15) is 0 Å². The molecule has 0 aliphatic heterocycles. The first-order valence-electron chi connectivity index (χ1n) is 4.04. The molecule has 0 saturated carbocycles. The predicted octanol–water partition coefficient (Wildman–Crippen LogP) is 4.35. The lowest BCUT2D eigenvalue weighted by molar-refractivity contribution is 0.990. The Labute approximate surface area is 110 Å². The van der Waals surface area contributed by atoms with Gasteiger partial charge in [-0.05, 0) is 6.07 Å². The van der Waals surface area contributed by atoms with Crippen molar-refractivity contribution in [3.05, 3.63) is 19.7 Å². The van der Waals surface area contributed by atoms with Gasteiger partial charge in [0.05, 0.1) is 4.34 Å². The number of halogens is 3. The normalized spacial score (nSPS) is 10.9. The van der Waals surface area contributed by atoms with E-state index in [1.54, 1.807) is 6.07 Å². The lowest BCUT2D eigenvalue weighted by Gasteiger charge is -1.88. The highest BCUT2D eigenvalue weighted by Crippen LogP contribution is 2.39. The number of aromatic nitrogens is 2. The molecule has 0 bridgehead atoms. The summed E-state index contributed by atoms with van der Waals surface area (Å²) in [5.41, 5.74) is 0.852. The third kappa shape index (κ3) is 2.63. The Bertz CT molecular complexity index is 466. The van der Waals surface area contributed by atoms with Gasteiger partial charge in [0.25, 0.3) is 0 Å². The Kier molecular flexibility index (Phi) is 3.85.